The molecule has 2 heteroatoms. The second-order valence-electron chi connectivity index (χ2n) is 3.26. The molecule has 0 radical (unpaired) electrons. The van der Waals surface area contributed by atoms with Crippen molar-refractivity contribution in [1.82, 2.24) is 0 Å². The summed E-state index contributed by atoms with van der Waals surface area (Å²) >= 11 is 0. The standard InChI is InChI=1S/C11H15NO/c1-8-3-4-10(7-9(8)2)11(13)5-6-12/h3-4,7H,5-6,12H2,1-2H3. The van der Waals surface area contributed by atoms with Gasteiger partial charge in [-0.15, -0.1) is 0 Å². The lowest BCUT2D eigenvalue weighted by Gasteiger charge is -2.03. The van der Waals surface area contributed by atoms with E-state index in [4.69, 9.17) is 5.73 Å². The summed E-state index contributed by atoms with van der Waals surface area (Å²) in [4.78, 5) is 11.4. The third-order valence-electron chi connectivity index (χ3n) is 2.20. The molecule has 13 heavy (non-hydrogen) atoms. The predicted molar refractivity (Wildman–Crippen MR) is 53.9 cm³/mol. The number of Topliss-reactive ketones (excluding diaryl/α,β-unsaturated/α-hetero) is 1. The summed E-state index contributed by atoms with van der Waals surface area (Å²) in [7, 11) is 0. The van der Waals surface area contributed by atoms with E-state index in [1.54, 1.807) is 0 Å². The Labute approximate surface area is 78.8 Å². The maximum atomic E-state index is 11.4. The quantitative estimate of drug-likeness (QED) is 0.716. The van der Waals surface area contributed by atoms with Crippen LogP contribution in [0.15, 0.2) is 18.2 Å². The number of benzene rings is 1. The minimum absolute atomic E-state index is 0.130. The maximum absolute atomic E-state index is 11.4. The highest BCUT2D eigenvalue weighted by molar-refractivity contribution is 5.96. The first-order valence-electron chi connectivity index (χ1n) is 4.45. The van der Waals surface area contributed by atoms with Gasteiger partial charge < -0.3 is 5.73 Å². The molecular formula is C11H15NO. The zero-order valence-corrected chi connectivity index (χ0v) is 8.13. The summed E-state index contributed by atoms with van der Waals surface area (Å²) < 4.78 is 0. The van der Waals surface area contributed by atoms with Crippen LogP contribution in [0.1, 0.15) is 27.9 Å². The molecule has 1 aromatic carbocycles. The lowest BCUT2D eigenvalue weighted by atomic mass is 10.0. The van der Waals surface area contributed by atoms with Gasteiger partial charge in [-0.3, -0.25) is 4.79 Å². The summed E-state index contributed by atoms with van der Waals surface area (Å²) in [5, 5.41) is 0. The lowest BCUT2D eigenvalue weighted by molar-refractivity contribution is 0.0985. The van der Waals surface area contributed by atoms with Crippen LogP contribution in [0.25, 0.3) is 0 Å². The van der Waals surface area contributed by atoms with Crippen LogP contribution in [0.4, 0.5) is 0 Å². The molecule has 2 N–H and O–H groups in total. The highest BCUT2D eigenvalue weighted by Gasteiger charge is 2.04. The Kier molecular flexibility index (Phi) is 3.20. The van der Waals surface area contributed by atoms with E-state index < -0.39 is 0 Å². The molecule has 1 rings (SSSR count). The first-order chi connectivity index (χ1) is 6.15. The smallest absolute Gasteiger partial charge is 0.164 e. The van der Waals surface area contributed by atoms with Crippen molar-refractivity contribution in [2.24, 2.45) is 5.73 Å². The molecule has 0 aromatic heterocycles. The highest BCUT2D eigenvalue weighted by atomic mass is 16.1. The number of ketones is 1. The highest BCUT2D eigenvalue weighted by Crippen LogP contribution is 2.11. The van der Waals surface area contributed by atoms with Crippen LogP contribution >= 0.6 is 0 Å². The van der Waals surface area contributed by atoms with Crippen LogP contribution in [-0.2, 0) is 0 Å². The summed E-state index contributed by atoms with van der Waals surface area (Å²) in [6, 6.07) is 5.76. The van der Waals surface area contributed by atoms with Gasteiger partial charge in [0.15, 0.2) is 5.78 Å². The van der Waals surface area contributed by atoms with Crippen molar-refractivity contribution < 1.29 is 4.79 Å². The van der Waals surface area contributed by atoms with Crippen LogP contribution < -0.4 is 5.73 Å². The minimum atomic E-state index is 0.130. The van der Waals surface area contributed by atoms with E-state index in [2.05, 4.69) is 0 Å². The molecule has 0 heterocycles. The normalized spacial score (nSPS) is 10.1. The van der Waals surface area contributed by atoms with E-state index in [9.17, 15) is 4.79 Å². The molecule has 0 unspecified atom stereocenters. The molecule has 0 fully saturated rings. The van der Waals surface area contributed by atoms with E-state index in [1.807, 2.05) is 32.0 Å². The zero-order valence-electron chi connectivity index (χ0n) is 8.13. The molecule has 0 spiro atoms. The Bertz CT molecular complexity index is 318. The van der Waals surface area contributed by atoms with E-state index in [-0.39, 0.29) is 5.78 Å². The Morgan fingerprint density at radius 2 is 2.00 bits per heavy atom. The molecule has 0 bridgehead atoms. The predicted octanol–water partition coefficient (Wildman–Crippen LogP) is 1.83. The molecule has 0 amide bonds. The van der Waals surface area contributed by atoms with Crippen LogP contribution in [0.5, 0.6) is 0 Å². The Hall–Kier alpha value is -1.15. The van der Waals surface area contributed by atoms with Crippen molar-refractivity contribution in [3.05, 3.63) is 34.9 Å². The van der Waals surface area contributed by atoms with Gasteiger partial charge in [-0.1, -0.05) is 12.1 Å². The Balaban J connectivity index is 2.90. The number of hydrogen-bond donors (Lipinski definition) is 1. The van der Waals surface area contributed by atoms with E-state index in [0.717, 1.165) is 11.1 Å². The number of carbonyl (C=O) groups excluding carboxylic acids is 1. The number of rotatable bonds is 3. The third-order valence-corrected chi connectivity index (χ3v) is 2.20. The Morgan fingerprint density at radius 1 is 1.31 bits per heavy atom. The molecule has 70 valence electrons. The molecule has 0 saturated carbocycles. The SMILES string of the molecule is Cc1ccc(C(=O)CCN)cc1C. The molecule has 0 saturated heterocycles. The average Bonchev–Trinajstić information content (AvgIpc) is 2.10. The van der Waals surface area contributed by atoms with Gasteiger partial charge in [-0.2, -0.15) is 0 Å². The second-order valence-corrected chi connectivity index (χ2v) is 3.26. The summed E-state index contributed by atoms with van der Waals surface area (Å²) in [6.45, 7) is 4.47. The van der Waals surface area contributed by atoms with Crippen LogP contribution in [0, 0.1) is 13.8 Å². The molecule has 0 aliphatic heterocycles. The summed E-state index contributed by atoms with van der Waals surface area (Å²) in [5.74, 6) is 0.130. The summed E-state index contributed by atoms with van der Waals surface area (Å²) in [6.07, 6.45) is 0.433. The lowest BCUT2D eigenvalue weighted by Crippen LogP contribution is -2.08. The maximum Gasteiger partial charge on any atom is 0.164 e. The van der Waals surface area contributed by atoms with Crippen molar-refractivity contribution in [2.45, 2.75) is 20.3 Å². The molecule has 2 nitrogen and oxygen atoms in total. The summed E-state index contributed by atoms with van der Waals surface area (Å²) in [5.41, 5.74) is 8.45. The minimum Gasteiger partial charge on any atom is -0.330 e. The molecule has 0 atom stereocenters. The first-order valence-corrected chi connectivity index (χ1v) is 4.45. The fourth-order valence-electron chi connectivity index (χ4n) is 1.19. The van der Waals surface area contributed by atoms with Crippen molar-refractivity contribution in [2.75, 3.05) is 6.54 Å². The zero-order chi connectivity index (χ0) is 9.84. The molecular weight excluding hydrogens is 162 g/mol. The largest absolute Gasteiger partial charge is 0.330 e. The van der Waals surface area contributed by atoms with Crippen LogP contribution in [-0.4, -0.2) is 12.3 Å². The monoisotopic (exact) mass is 177 g/mol. The van der Waals surface area contributed by atoms with Crippen molar-refractivity contribution >= 4 is 5.78 Å². The molecule has 0 aliphatic rings. The van der Waals surface area contributed by atoms with Gasteiger partial charge in [-0.05, 0) is 37.6 Å². The number of nitrogens with two attached hydrogens (primary N) is 1. The first kappa shape index (κ1) is 9.93. The second kappa shape index (κ2) is 4.19. The van der Waals surface area contributed by atoms with Gasteiger partial charge in [0.05, 0.1) is 0 Å². The van der Waals surface area contributed by atoms with E-state index in [1.165, 1.54) is 5.56 Å². The van der Waals surface area contributed by atoms with Gasteiger partial charge in [-0.25, -0.2) is 0 Å². The van der Waals surface area contributed by atoms with Gasteiger partial charge >= 0.3 is 0 Å². The average molecular weight is 177 g/mol. The number of carbonyl (C=O) groups is 1. The van der Waals surface area contributed by atoms with Crippen molar-refractivity contribution in [3.8, 4) is 0 Å². The van der Waals surface area contributed by atoms with Gasteiger partial charge in [0.1, 0.15) is 0 Å². The van der Waals surface area contributed by atoms with Crippen LogP contribution in [0.3, 0.4) is 0 Å². The topological polar surface area (TPSA) is 43.1 Å². The third kappa shape index (κ3) is 2.39. The van der Waals surface area contributed by atoms with Crippen molar-refractivity contribution in [1.29, 1.82) is 0 Å². The number of aryl methyl sites for hydroxylation is 2. The van der Waals surface area contributed by atoms with E-state index >= 15 is 0 Å². The fraction of sp³-hybridized carbons (Fsp3) is 0.364. The van der Waals surface area contributed by atoms with Crippen LogP contribution in [0.2, 0.25) is 0 Å². The molecule has 0 aliphatic carbocycles. The van der Waals surface area contributed by atoms with Crippen molar-refractivity contribution in [3.63, 3.8) is 0 Å². The molecule has 1 aromatic rings. The van der Waals surface area contributed by atoms with Gasteiger partial charge in [0, 0.05) is 12.0 Å². The fourth-order valence-corrected chi connectivity index (χ4v) is 1.19. The van der Waals surface area contributed by atoms with E-state index in [0.29, 0.717) is 13.0 Å². The van der Waals surface area contributed by atoms with Gasteiger partial charge in [0.25, 0.3) is 0 Å². The van der Waals surface area contributed by atoms with Gasteiger partial charge in [0.2, 0.25) is 0 Å². The Morgan fingerprint density at radius 3 is 2.54 bits per heavy atom. The number of hydrogen-bond acceptors (Lipinski definition) is 2.